The van der Waals surface area contributed by atoms with Crippen LogP contribution in [0.1, 0.15) is 26.3 Å². The number of fused-ring (bicyclic) bond motifs is 1. The van der Waals surface area contributed by atoms with E-state index in [9.17, 15) is 9.59 Å². The highest BCUT2D eigenvalue weighted by atomic mass is 16.5. The average molecular weight is 297 g/mol. The van der Waals surface area contributed by atoms with Crippen LogP contribution in [0.2, 0.25) is 0 Å². The molecule has 0 atom stereocenters. The standard InChI is InChI=1S/C15H11N3O4/c1-8-2-3-9-5-10(7-19)13(17-12(9)4-8)22-14-11(15(20)21)6-16-18-14/h2-7H,1H3,(H,16,18)(H,20,21). The van der Waals surface area contributed by atoms with E-state index in [-0.39, 0.29) is 22.9 Å². The highest BCUT2D eigenvalue weighted by Crippen LogP contribution is 2.27. The number of aldehydes is 1. The Kier molecular flexibility index (Phi) is 3.30. The van der Waals surface area contributed by atoms with Crippen molar-refractivity contribution in [3.63, 3.8) is 0 Å². The molecule has 2 aromatic heterocycles. The summed E-state index contributed by atoms with van der Waals surface area (Å²) >= 11 is 0. The van der Waals surface area contributed by atoms with E-state index >= 15 is 0 Å². The van der Waals surface area contributed by atoms with Gasteiger partial charge in [0.05, 0.1) is 11.1 Å². The van der Waals surface area contributed by atoms with Gasteiger partial charge in [-0.1, -0.05) is 12.1 Å². The number of hydrogen-bond acceptors (Lipinski definition) is 5. The second kappa shape index (κ2) is 5.28. The number of H-pyrrole nitrogens is 1. The Labute approximate surface area is 124 Å². The van der Waals surface area contributed by atoms with Crippen LogP contribution in [0.25, 0.3) is 10.9 Å². The van der Waals surface area contributed by atoms with E-state index < -0.39 is 5.97 Å². The van der Waals surface area contributed by atoms with E-state index in [1.165, 1.54) is 6.20 Å². The molecular formula is C15H11N3O4. The van der Waals surface area contributed by atoms with Gasteiger partial charge in [-0.15, -0.1) is 5.10 Å². The Bertz CT molecular complexity index is 886. The molecule has 2 N–H and O–H groups in total. The monoisotopic (exact) mass is 297 g/mol. The first kappa shape index (κ1) is 13.7. The lowest BCUT2D eigenvalue weighted by molar-refractivity contribution is 0.0694. The fourth-order valence-electron chi connectivity index (χ4n) is 2.04. The maximum atomic E-state index is 11.2. The van der Waals surface area contributed by atoms with E-state index in [1.807, 2.05) is 25.1 Å². The van der Waals surface area contributed by atoms with Crippen LogP contribution in [0.3, 0.4) is 0 Å². The van der Waals surface area contributed by atoms with E-state index in [4.69, 9.17) is 9.84 Å². The van der Waals surface area contributed by atoms with Gasteiger partial charge in [0, 0.05) is 11.6 Å². The predicted octanol–water partition coefficient (Wildman–Crippen LogP) is 2.57. The molecule has 1 aromatic carbocycles. The van der Waals surface area contributed by atoms with E-state index in [1.54, 1.807) is 6.07 Å². The number of aromatic amines is 1. The molecule has 3 rings (SSSR count). The van der Waals surface area contributed by atoms with Crippen LogP contribution in [0.5, 0.6) is 11.8 Å². The molecule has 0 fully saturated rings. The number of carboxylic acid groups (broad SMARTS) is 1. The number of aromatic carboxylic acids is 1. The number of nitrogens with one attached hydrogen (secondary N) is 1. The lowest BCUT2D eigenvalue weighted by atomic mass is 10.1. The Morgan fingerprint density at radius 3 is 2.86 bits per heavy atom. The van der Waals surface area contributed by atoms with Crippen molar-refractivity contribution >= 4 is 23.2 Å². The molecule has 0 saturated carbocycles. The first-order valence-corrected chi connectivity index (χ1v) is 6.40. The van der Waals surface area contributed by atoms with Gasteiger partial charge >= 0.3 is 5.97 Å². The van der Waals surface area contributed by atoms with Crippen LogP contribution < -0.4 is 4.74 Å². The van der Waals surface area contributed by atoms with Crippen LogP contribution in [0, 0.1) is 6.92 Å². The molecule has 0 aliphatic carbocycles. The lowest BCUT2D eigenvalue weighted by Gasteiger charge is -2.07. The van der Waals surface area contributed by atoms with Crippen LogP contribution in [-0.2, 0) is 0 Å². The number of ether oxygens (including phenoxy) is 1. The van der Waals surface area contributed by atoms with Gasteiger partial charge in [0.2, 0.25) is 5.88 Å². The molecule has 0 unspecified atom stereocenters. The van der Waals surface area contributed by atoms with Crippen molar-refractivity contribution < 1.29 is 19.4 Å². The minimum atomic E-state index is -1.19. The summed E-state index contributed by atoms with van der Waals surface area (Å²) in [7, 11) is 0. The van der Waals surface area contributed by atoms with Crippen LogP contribution in [0.15, 0.2) is 30.5 Å². The zero-order valence-electron chi connectivity index (χ0n) is 11.5. The van der Waals surface area contributed by atoms with E-state index in [2.05, 4.69) is 15.2 Å². The highest BCUT2D eigenvalue weighted by molar-refractivity contribution is 5.91. The van der Waals surface area contributed by atoms with Gasteiger partial charge in [0.15, 0.2) is 6.29 Å². The number of rotatable bonds is 4. The van der Waals surface area contributed by atoms with Crippen molar-refractivity contribution in [2.24, 2.45) is 0 Å². The second-order valence-corrected chi connectivity index (χ2v) is 4.71. The summed E-state index contributed by atoms with van der Waals surface area (Å²) in [5.74, 6) is -1.31. The van der Waals surface area contributed by atoms with Crippen molar-refractivity contribution in [2.75, 3.05) is 0 Å². The molecule has 110 valence electrons. The third-order valence-corrected chi connectivity index (χ3v) is 3.12. The van der Waals surface area contributed by atoms with Gasteiger partial charge in [-0.3, -0.25) is 9.89 Å². The molecule has 0 bridgehead atoms. The maximum absolute atomic E-state index is 11.2. The first-order chi connectivity index (χ1) is 10.6. The number of hydrogen-bond donors (Lipinski definition) is 2. The van der Waals surface area contributed by atoms with Gasteiger partial charge in [-0.25, -0.2) is 9.78 Å². The molecule has 0 amide bonds. The summed E-state index contributed by atoms with van der Waals surface area (Å²) in [6.45, 7) is 1.92. The number of nitrogens with zero attached hydrogens (tertiary/aromatic N) is 2. The van der Waals surface area contributed by atoms with E-state index in [0.717, 1.165) is 10.9 Å². The molecule has 0 spiro atoms. The summed E-state index contributed by atoms with van der Waals surface area (Å²) < 4.78 is 5.42. The molecule has 7 nitrogen and oxygen atoms in total. The number of carboxylic acids is 1. The van der Waals surface area contributed by atoms with Crippen LogP contribution in [-0.4, -0.2) is 32.5 Å². The van der Waals surface area contributed by atoms with Crippen LogP contribution in [0.4, 0.5) is 0 Å². The van der Waals surface area contributed by atoms with Gasteiger partial charge in [-0.2, -0.15) is 0 Å². The summed E-state index contributed by atoms with van der Waals surface area (Å²) in [5, 5.41) is 16.0. The number of aromatic nitrogens is 3. The Hall–Kier alpha value is -3.22. The van der Waals surface area contributed by atoms with E-state index in [0.29, 0.717) is 11.8 Å². The number of carbonyl (C=O) groups is 2. The zero-order valence-corrected chi connectivity index (χ0v) is 11.5. The number of carbonyl (C=O) groups excluding carboxylic acids is 1. The quantitative estimate of drug-likeness (QED) is 0.717. The van der Waals surface area contributed by atoms with Crippen molar-refractivity contribution in [2.45, 2.75) is 6.92 Å². The van der Waals surface area contributed by atoms with Gasteiger partial charge < -0.3 is 9.84 Å². The molecule has 0 aliphatic heterocycles. The predicted molar refractivity (Wildman–Crippen MR) is 77.5 cm³/mol. The third kappa shape index (κ3) is 2.39. The maximum Gasteiger partial charge on any atom is 0.342 e. The topological polar surface area (TPSA) is 105 Å². The molecule has 0 radical (unpaired) electrons. The fourth-order valence-corrected chi connectivity index (χ4v) is 2.04. The third-order valence-electron chi connectivity index (χ3n) is 3.12. The van der Waals surface area contributed by atoms with Crippen molar-refractivity contribution in [3.8, 4) is 11.8 Å². The average Bonchev–Trinajstić information content (AvgIpc) is 2.95. The SMILES string of the molecule is Cc1ccc2cc(C=O)c(Oc3n[nH]cc3C(=O)O)nc2c1. The Balaban J connectivity index is 2.10. The molecule has 3 aromatic rings. The highest BCUT2D eigenvalue weighted by Gasteiger charge is 2.17. The number of benzene rings is 1. The molecular weight excluding hydrogens is 286 g/mol. The Morgan fingerprint density at radius 2 is 2.14 bits per heavy atom. The van der Waals surface area contributed by atoms with Gasteiger partial charge in [-0.05, 0) is 24.6 Å². The van der Waals surface area contributed by atoms with Crippen molar-refractivity contribution in [1.29, 1.82) is 0 Å². The molecule has 0 aliphatic rings. The smallest absolute Gasteiger partial charge is 0.342 e. The summed E-state index contributed by atoms with van der Waals surface area (Å²) in [6, 6.07) is 7.25. The van der Waals surface area contributed by atoms with Gasteiger partial charge in [0.1, 0.15) is 5.56 Å². The normalized spacial score (nSPS) is 10.6. The minimum Gasteiger partial charge on any atom is -0.477 e. The summed E-state index contributed by atoms with van der Waals surface area (Å²) in [6.07, 6.45) is 1.80. The molecule has 22 heavy (non-hydrogen) atoms. The zero-order chi connectivity index (χ0) is 15.7. The Morgan fingerprint density at radius 1 is 1.32 bits per heavy atom. The number of pyridine rings is 1. The largest absolute Gasteiger partial charge is 0.477 e. The van der Waals surface area contributed by atoms with Crippen LogP contribution >= 0.6 is 0 Å². The minimum absolute atomic E-state index is 0.0164. The lowest BCUT2D eigenvalue weighted by Crippen LogP contribution is -2.00. The summed E-state index contributed by atoms with van der Waals surface area (Å²) in [5.41, 5.74) is 1.74. The fraction of sp³-hybridized carbons (Fsp3) is 0.0667. The summed E-state index contributed by atoms with van der Waals surface area (Å²) in [4.78, 5) is 26.6. The molecule has 2 heterocycles. The molecule has 7 heteroatoms. The van der Waals surface area contributed by atoms with Crippen molar-refractivity contribution in [1.82, 2.24) is 15.2 Å². The first-order valence-electron chi connectivity index (χ1n) is 6.40. The van der Waals surface area contributed by atoms with Gasteiger partial charge in [0.25, 0.3) is 5.88 Å². The second-order valence-electron chi connectivity index (χ2n) is 4.71. The molecule has 0 saturated heterocycles. The van der Waals surface area contributed by atoms with Crippen molar-refractivity contribution in [3.05, 3.63) is 47.2 Å². The number of aryl methyl sites for hydroxylation is 1.